The summed E-state index contributed by atoms with van der Waals surface area (Å²) in [6.07, 6.45) is 9.14. The van der Waals surface area contributed by atoms with E-state index >= 15 is 0 Å². The average Bonchev–Trinajstić information content (AvgIpc) is 2.02. The fourth-order valence-corrected chi connectivity index (χ4v) is 1.18. The molecule has 2 heteroatoms. The van der Waals surface area contributed by atoms with Crippen LogP contribution in [0.25, 0.3) is 0 Å². The molecule has 1 N–H and O–H groups in total. The zero-order valence-corrected chi connectivity index (χ0v) is 8.62. The Morgan fingerprint density at radius 1 is 1.46 bits per heavy atom. The normalized spacial score (nSPS) is 13.4. The molecule has 0 saturated carbocycles. The van der Waals surface area contributed by atoms with Crippen LogP contribution >= 0.6 is 0 Å². The van der Waals surface area contributed by atoms with E-state index in [1.165, 1.54) is 19.3 Å². The first-order valence-electron chi connectivity index (χ1n) is 5.05. The van der Waals surface area contributed by atoms with Crippen molar-refractivity contribution in [1.29, 1.82) is 0 Å². The van der Waals surface area contributed by atoms with Crippen LogP contribution in [0.15, 0.2) is 12.2 Å². The molecular weight excluding hydrogens is 164 g/mol. The first-order chi connectivity index (χ1) is 6.16. The maximum atomic E-state index is 10.3. The van der Waals surface area contributed by atoms with E-state index in [-0.39, 0.29) is 12.3 Å². The van der Waals surface area contributed by atoms with Gasteiger partial charge in [0.2, 0.25) is 0 Å². The van der Waals surface area contributed by atoms with Crippen molar-refractivity contribution in [3.63, 3.8) is 0 Å². The van der Waals surface area contributed by atoms with Crippen LogP contribution in [0.2, 0.25) is 0 Å². The summed E-state index contributed by atoms with van der Waals surface area (Å²) in [5.41, 5.74) is 0. The molecule has 1 atom stereocenters. The summed E-state index contributed by atoms with van der Waals surface area (Å²) in [6.45, 7) is 4.11. The molecule has 0 fully saturated rings. The predicted octanol–water partition coefficient (Wildman–Crippen LogP) is 3.23. The summed E-state index contributed by atoms with van der Waals surface area (Å²) in [6, 6.07) is 0. The minimum atomic E-state index is -0.717. The highest BCUT2D eigenvalue weighted by Gasteiger charge is 2.02. The highest BCUT2D eigenvalue weighted by atomic mass is 16.4. The quantitative estimate of drug-likeness (QED) is 0.487. The molecule has 0 aliphatic carbocycles. The number of carboxylic acids is 1. The van der Waals surface area contributed by atoms with Crippen molar-refractivity contribution in [2.24, 2.45) is 5.92 Å². The largest absolute Gasteiger partial charge is 0.481 e. The van der Waals surface area contributed by atoms with Crippen LogP contribution in [-0.2, 0) is 4.79 Å². The maximum Gasteiger partial charge on any atom is 0.303 e. The van der Waals surface area contributed by atoms with Gasteiger partial charge in [-0.1, -0.05) is 38.8 Å². The zero-order chi connectivity index (χ0) is 10.1. The molecule has 1 unspecified atom stereocenters. The third-order valence-corrected chi connectivity index (χ3v) is 1.94. The topological polar surface area (TPSA) is 37.3 Å². The van der Waals surface area contributed by atoms with Gasteiger partial charge in [-0.2, -0.15) is 0 Å². The first kappa shape index (κ1) is 12.2. The van der Waals surface area contributed by atoms with Crippen LogP contribution < -0.4 is 0 Å². The number of rotatable bonds is 7. The number of hydrogen-bond donors (Lipinski definition) is 1. The van der Waals surface area contributed by atoms with Crippen molar-refractivity contribution in [1.82, 2.24) is 0 Å². The van der Waals surface area contributed by atoms with Gasteiger partial charge in [-0.25, -0.2) is 0 Å². The van der Waals surface area contributed by atoms with Crippen molar-refractivity contribution < 1.29 is 9.90 Å². The molecule has 0 aliphatic rings. The lowest BCUT2D eigenvalue weighted by molar-refractivity contribution is -0.137. The Morgan fingerprint density at radius 3 is 2.69 bits per heavy atom. The molecule has 0 heterocycles. The molecule has 0 rings (SSSR count). The minimum absolute atomic E-state index is 0.166. The maximum absolute atomic E-state index is 10.3. The first-order valence-corrected chi connectivity index (χ1v) is 5.05. The number of hydrogen-bond acceptors (Lipinski definition) is 1. The lowest BCUT2D eigenvalue weighted by atomic mass is 10.1. The lowest BCUT2D eigenvalue weighted by Crippen LogP contribution is -2.00. The fourth-order valence-electron chi connectivity index (χ4n) is 1.18. The van der Waals surface area contributed by atoms with E-state index in [1.807, 2.05) is 13.0 Å². The number of unbranched alkanes of at least 4 members (excludes halogenated alkanes) is 3. The van der Waals surface area contributed by atoms with E-state index in [0.29, 0.717) is 0 Å². The Bertz CT molecular complexity index is 161. The van der Waals surface area contributed by atoms with Gasteiger partial charge in [-0.15, -0.1) is 0 Å². The second kappa shape index (κ2) is 7.84. The van der Waals surface area contributed by atoms with E-state index in [4.69, 9.17) is 5.11 Å². The van der Waals surface area contributed by atoms with E-state index in [1.54, 1.807) is 0 Å². The fraction of sp³-hybridized carbons (Fsp3) is 0.727. The monoisotopic (exact) mass is 184 g/mol. The Morgan fingerprint density at radius 2 is 2.15 bits per heavy atom. The van der Waals surface area contributed by atoms with Crippen LogP contribution in [0.4, 0.5) is 0 Å². The van der Waals surface area contributed by atoms with Crippen molar-refractivity contribution >= 4 is 5.97 Å². The number of aliphatic carboxylic acids is 1. The van der Waals surface area contributed by atoms with Crippen LogP contribution in [0.5, 0.6) is 0 Å². The smallest absolute Gasteiger partial charge is 0.303 e. The second-order valence-electron chi connectivity index (χ2n) is 3.50. The number of carboxylic acid groups (broad SMARTS) is 1. The van der Waals surface area contributed by atoms with Crippen LogP contribution in [0.1, 0.15) is 46.0 Å². The molecule has 0 amide bonds. The SMILES string of the molecule is CCCCC/C=C\C(C)CC(=O)O. The van der Waals surface area contributed by atoms with E-state index in [0.717, 1.165) is 6.42 Å². The van der Waals surface area contributed by atoms with E-state index < -0.39 is 5.97 Å². The molecule has 13 heavy (non-hydrogen) atoms. The van der Waals surface area contributed by atoms with Crippen molar-refractivity contribution in [2.45, 2.75) is 46.0 Å². The van der Waals surface area contributed by atoms with Crippen LogP contribution in [0.3, 0.4) is 0 Å². The average molecular weight is 184 g/mol. The van der Waals surface area contributed by atoms with Gasteiger partial charge in [0.25, 0.3) is 0 Å². The Balaban J connectivity index is 3.41. The second-order valence-corrected chi connectivity index (χ2v) is 3.50. The molecule has 0 bridgehead atoms. The molecule has 0 aromatic heterocycles. The molecule has 0 aliphatic heterocycles. The molecule has 76 valence electrons. The van der Waals surface area contributed by atoms with Gasteiger partial charge < -0.3 is 5.11 Å². The van der Waals surface area contributed by atoms with E-state index in [2.05, 4.69) is 13.0 Å². The van der Waals surface area contributed by atoms with Crippen molar-refractivity contribution in [3.8, 4) is 0 Å². The van der Waals surface area contributed by atoms with Crippen molar-refractivity contribution in [3.05, 3.63) is 12.2 Å². The minimum Gasteiger partial charge on any atom is -0.481 e. The molecule has 2 nitrogen and oxygen atoms in total. The third kappa shape index (κ3) is 9.12. The summed E-state index contributed by atoms with van der Waals surface area (Å²) in [4.78, 5) is 10.3. The summed E-state index contributed by atoms with van der Waals surface area (Å²) in [7, 11) is 0. The lowest BCUT2D eigenvalue weighted by Gasteiger charge is -2.00. The number of carbonyl (C=O) groups is 1. The van der Waals surface area contributed by atoms with Crippen LogP contribution in [0, 0.1) is 5.92 Å². The molecular formula is C11H20O2. The standard InChI is InChI=1S/C11H20O2/c1-3-4-5-6-7-8-10(2)9-11(12)13/h7-8,10H,3-6,9H2,1-2H3,(H,12,13)/b8-7-. The van der Waals surface area contributed by atoms with Gasteiger partial charge in [-0.3, -0.25) is 4.79 Å². The van der Waals surface area contributed by atoms with E-state index in [9.17, 15) is 4.79 Å². The number of allylic oxidation sites excluding steroid dienone is 2. The molecule has 0 aromatic carbocycles. The van der Waals surface area contributed by atoms with Crippen molar-refractivity contribution in [2.75, 3.05) is 0 Å². The van der Waals surface area contributed by atoms with Gasteiger partial charge in [0, 0.05) is 0 Å². The Hall–Kier alpha value is -0.790. The van der Waals surface area contributed by atoms with Gasteiger partial charge in [0.05, 0.1) is 6.42 Å². The highest BCUT2D eigenvalue weighted by molar-refractivity contribution is 5.67. The van der Waals surface area contributed by atoms with Gasteiger partial charge >= 0.3 is 5.97 Å². The predicted molar refractivity (Wildman–Crippen MR) is 54.7 cm³/mol. The summed E-state index contributed by atoms with van der Waals surface area (Å²) in [5.74, 6) is -0.551. The Kier molecular flexibility index (Phi) is 7.36. The highest BCUT2D eigenvalue weighted by Crippen LogP contribution is 2.06. The van der Waals surface area contributed by atoms with Gasteiger partial charge in [-0.05, 0) is 18.8 Å². The van der Waals surface area contributed by atoms with Gasteiger partial charge in [0.15, 0.2) is 0 Å². The molecule has 0 saturated heterocycles. The van der Waals surface area contributed by atoms with Gasteiger partial charge in [0.1, 0.15) is 0 Å². The van der Waals surface area contributed by atoms with Crippen LogP contribution in [-0.4, -0.2) is 11.1 Å². The zero-order valence-electron chi connectivity index (χ0n) is 8.62. The summed E-state index contributed by atoms with van der Waals surface area (Å²) < 4.78 is 0. The summed E-state index contributed by atoms with van der Waals surface area (Å²) >= 11 is 0. The molecule has 0 radical (unpaired) electrons. The third-order valence-electron chi connectivity index (χ3n) is 1.94. The molecule has 0 aromatic rings. The summed E-state index contributed by atoms with van der Waals surface area (Å²) in [5, 5.41) is 8.49. The molecule has 0 spiro atoms. The Labute approximate surface area is 80.7 Å².